The number of carbonyl (C=O) groups excluding carboxylic acids is 1. The minimum absolute atomic E-state index is 0.0152. The normalized spacial score (nSPS) is 18.0. The zero-order chi connectivity index (χ0) is 29.5. The van der Waals surface area contributed by atoms with Gasteiger partial charge in [-0.2, -0.15) is 0 Å². The van der Waals surface area contributed by atoms with Crippen LogP contribution in [0.4, 0.5) is 4.39 Å². The largest absolute Gasteiger partial charge is 0.336 e. The van der Waals surface area contributed by atoms with Crippen LogP contribution in [0.3, 0.4) is 0 Å². The van der Waals surface area contributed by atoms with Crippen LogP contribution < -0.4 is 5.14 Å². The quantitative estimate of drug-likeness (QED) is 0.334. The Hall–Kier alpha value is -3.35. The van der Waals surface area contributed by atoms with E-state index in [4.69, 9.17) is 28.3 Å². The van der Waals surface area contributed by atoms with Gasteiger partial charge < -0.3 is 4.90 Å². The van der Waals surface area contributed by atoms with Crippen LogP contribution in [0, 0.1) is 5.82 Å². The molecule has 13 heteroatoms. The molecule has 0 aliphatic carbocycles. The summed E-state index contributed by atoms with van der Waals surface area (Å²) < 4.78 is 39.2. The summed E-state index contributed by atoms with van der Waals surface area (Å²) in [4.78, 5) is 17.7. The lowest BCUT2D eigenvalue weighted by Crippen LogP contribution is -2.57. The molecule has 1 amide bonds. The minimum Gasteiger partial charge on any atom is -0.336 e. The second-order valence-electron chi connectivity index (χ2n) is 10.1. The van der Waals surface area contributed by atoms with Crippen LogP contribution in [-0.2, 0) is 16.6 Å². The third-order valence-electron chi connectivity index (χ3n) is 7.13. The third-order valence-corrected chi connectivity index (χ3v) is 8.78. The van der Waals surface area contributed by atoms with Crippen LogP contribution in [0.15, 0.2) is 71.8 Å². The SMILES string of the molecule is C[C@@H]1CN(C(=O)c2ccc(F)cc2-c2ccc(Cl)c(Cl)c2)C[C@H](C)N1Cc1cn(-c2cccc(S(N)(=O)=O)c2)nn1. The second-order valence-corrected chi connectivity index (χ2v) is 12.5. The molecule has 1 aliphatic heterocycles. The average Bonchev–Trinajstić information content (AvgIpc) is 3.40. The van der Waals surface area contributed by atoms with Crippen LogP contribution in [-0.4, -0.2) is 64.3 Å². The van der Waals surface area contributed by atoms with E-state index in [0.29, 0.717) is 57.8 Å². The van der Waals surface area contributed by atoms with Crippen molar-refractivity contribution in [2.75, 3.05) is 13.1 Å². The maximum atomic E-state index is 14.2. The van der Waals surface area contributed by atoms with E-state index in [1.165, 1.54) is 35.0 Å². The van der Waals surface area contributed by atoms with Gasteiger partial charge in [0.15, 0.2) is 0 Å². The molecular weight excluding hydrogens is 590 g/mol. The number of halogens is 3. The number of aromatic nitrogens is 3. The number of nitrogens with two attached hydrogens (primary N) is 1. The van der Waals surface area contributed by atoms with Crippen molar-refractivity contribution in [3.8, 4) is 16.8 Å². The van der Waals surface area contributed by atoms with Crippen LogP contribution in [0.2, 0.25) is 10.0 Å². The first-order valence-corrected chi connectivity index (χ1v) is 15.1. The molecule has 41 heavy (non-hydrogen) atoms. The van der Waals surface area contributed by atoms with E-state index in [2.05, 4.69) is 15.2 Å². The standard InChI is InChI=1S/C28H27Cl2FN6O3S/c1-17-13-35(28(38)24-8-7-20(31)11-25(24)19-6-9-26(29)27(30)10-19)14-18(2)36(17)15-21-16-37(34-33-21)22-4-3-5-23(12-22)41(32,39)40/h3-12,16-18H,13-15H2,1-2H3,(H2,32,39,40)/t17-,18+. The topological polar surface area (TPSA) is 114 Å². The highest BCUT2D eigenvalue weighted by Crippen LogP contribution is 2.32. The fourth-order valence-electron chi connectivity index (χ4n) is 5.10. The van der Waals surface area contributed by atoms with Gasteiger partial charge in [-0.25, -0.2) is 22.6 Å². The number of primary sulfonamides is 1. The maximum Gasteiger partial charge on any atom is 0.254 e. The number of rotatable bonds is 6. The lowest BCUT2D eigenvalue weighted by Gasteiger charge is -2.44. The molecule has 2 atom stereocenters. The van der Waals surface area contributed by atoms with Crippen molar-refractivity contribution in [1.82, 2.24) is 24.8 Å². The molecule has 5 rings (SSSR count). The summed E-state index contributed by atoms with van der Waals surface area (Å²) in [5, 5.41) is 14.4. The Morgan fingerprint density at radius 2 is 1.76 bits per heavy atom. The number of amides is 1. The molecule has 1 aromatic heterocycles. The molecule has 3 aromatic carbocycles. The molecule has 1 saturated heterocycles. The molecule has 0 bridgehead atoms. The van der Waals surface area contributed by atoms with Crippen LogP contribution >= 0.6 is 23.2 Å². The van der Waals surface area contributed by atoms with Gasteiger partial charge in [-0.1, -0.05) is 40.5 Å². The number of nitrogens with zero attached hydrogens (tertiary/aromatic N) is 5. The number of sulfonamides is 1. The molecule has 2 heterocycles. The van der Waals surface area contributed by atoms with E-state index in [-0.39, 0.29) is 22.9 Å². The van der Waals surface area contributed by atoms with Crippen molar-refractivity contribution in [1.29, 1.82) is 0 Å². The van der Waals surface area contributed by atoms with Gasteiger partial charge in [-0.3, -0.25) is 9.69 Å². The fourth-order valence-corrected chi connectivity index (χ4v) is 5.95. The highest BCUT2D eigenvalue weighted by Gasteiger charge is 2.33. The first-order valence-electron chi connectivity index (χ1n) is 12.7. The molecular formula is C28H27Cl2FN6O3S. The van der Waals surface area contributed by atoms with E-state index >= 15 is 0 Å². The number of hydrogen-bond acceptors (Lipinski definition) is 6. The summed E-state index contributed by atoms with van der Waals surface area (Å²) in [6.45, 7) is 5.43. The summed E-state index contributed by atoms with van der Waals surface area (Å²) in [7, 11) is -3.85. The van der Waals surface area contributed by atoms with Gasteiger partial charge in [0.1, 0.15) is 5.82 Å². The predicted octanol–water partition coefficient (Wildman–Crippen LogP) is 4.76. The second kappa shape index (κ2) is 11.5. The Labute approximate surface area is 247 Å². The molecule has 0 spiro atoms. The summed E-state index contributed by atoms with van der Waals surface area (Å²) in [5.74, 6) is -0.663. The van der Waals surface area contributed by atoms with Gasteiger partial charge in [-0.05, 0) is 73.5 Å². The summed E-state index contributed by atoms with van der Waals surface area (Å²) in [6.07, 6.45) is 1.74. The summed E-state index contributed by atoms with van der Waals surface area (Å²) >= 11 is 12.3. The van der Waals surface area contributed by atoms with Crippen molar-refractivity contribution >= 4 is 39.1 Å². The zero-order valence-electron chi connectivity index (χ0n) is 22.2. The van der Waals surface area contributed by atoms with Crippen LogP contribution in [0.25, 0.3) is 16.8 Å². The van der Waals surface area contributed by atoms with Crippen molar-refractivity contribution in [2.24, 2.45) is 5.14 Å². The highest BCUT2D eigenvalue weighted by atomic mass is 35.5. The Kier molecular flexibility index (Phi) is 8.18. The van der Waals surface area contributed by atoms with Crippen molar-refractivity contribution < 1.29 is 17.6 Å². The maximum absolute atomic E-state index is 14.2. The van der Waals surface area contributed by atoms with E-state index < -0.39 is 15.8 Å². The van der Waals surface area contributed by atoms with Gasteiger partial charge in [0.25, 0.3) is 5.91 Å². The van der Waals surface area contributed by atoms with Crippen molar-refractivity contribution in [3.05, 3.63) is 94.0 Å². The molecule has 0 unspecified atom stereocenters. The number of piperazine rings is 1. The van der Waals surface area contributed by atoms with Gasteiger partial charge in [0.2, 0.25) is 10.0 Å². The highest BCUT2D eigenvalue weighted by molar-refractivity contribution is 7.89. The van der Waals surface area contributed by atoms with E-state index in [1.54, 1.807) is 41.4 Å². The molecule has 1 aliphatic rings. The smallest absolute Gasteiger partial charge is 0.254 e. The van der Waals surface area contributed by atoms with Gasteiger partial charge >= 0.3 is 0 Å². The Morgan fingerprint density at radius 3 is 2.44 bits per heavy atom. The summed E-state index contributed by atoms with van der Waals surface area (Å²) in [6, 6.07) is 15.2. The first-order chi connectivity index (χ1) is 19.4. The molecule has 0 saturated carbocycles. The van der Waals surface area contributed by atoms with Gasteiger partial charge in [-0.15, -0.1) is 5.10 Å². The van der Waals surface area contributed by atoms with E-state index in [9.17, 15) is 17.6 Å². The molecule has 0 radical (unpaired) electrons. The van der Waals surface area contributed by atoms with E-state index in [0.717, 1.165) is 0 Å². The molecule has 214 valence electrons. The molecule has 4 aromatic rings. The Morgan fingerprint density at radius 1 is 1.02 bits per heavy atom. The number of carbonyl (C=O) groups is 1. The summed E-state index contributed by atoms with van der Waals surface area (Å²) in [5.41, 5.74) is 2.62. The van der Waals surface area contributed by atoms with Crippen molar-refractivity contribution in [3.63, 3.8) is 0 Å². The lowest BCUT2D eigenvalue weighted by atomic mass is 9.97. The monoisotopic (exact) mass is 616 g/mol. The van der Waals surface area contributed by atoms with E-state index in [1.807, 2.05) is 13.8 Å². The average molecular weight is 618 g/mol. The molecule has 1 fully saturated rings. The zero-order valence-corrected chi connectivity index (χ0v) is 24.5. The van der Waals surface area contributed by atoms with Crippen LogP contribution in [0.1, 0.15) is 29.9 Å². The van der Waals surface area contributed by atoms with Crippen molar-refractivity contribution in [2.45, 2.75) is 37.4 Å². The molecule has 9 nitrogen and oxygen atoms in total. The third kappa shape index (κ3) is 6.29. The molecule has 2 N–H and O–H groups in total. The lowest BCUT2D eigenvalue weighted by molar-refractivity contribution is 0.0264. The fraction of sp³-hybridized carbons (Fsp3) is 0.250. The number of hydrogen-bond donors (Lipinski definition) is 1. The van der Waals surface area contributed by atoms with Gasteiger partial charge in [0.05, 0.1) is 32.5 Å². The minimum atomic E-state index is -3.85. The first kappa shape index (κ1) is 29.2. The predicted molar refractivity (Wildman–Crippen MR) is 155 cm³/mol. The van der Waals surface area contributed by atoms with Crippen LogP contribution in [0.5, 0.6) is 0 Å². The van der Waals surface area contributed by atoms with Gasteiger partial charge in [0, 0.05) is 37.3 Å². The number of benzene rings is 3. The Balaban J connectivity index is 1.32. The Bertz CT molecular complexity index is 1720.